The number of methoxy groups -OCH3 is 1. The molecule has 0 spiro atoms. The van der Waals surface area contributed by atoms with Gasteiger partial charge < -0.3 is 23.7 Å². The van der Waals surface area contributed by atoms with Crippen molar-refractivity contribution in [1.29, 1.82) is 0 Å². The van der Waals surface area contributed by atoms with Gasteiger partial charge >= 0.3 is 0 Å². The molecule has 1 heterocycles. The Morgan fingerprint density at radius 2 is 1.30 bits per heavy atom. The van der Waals surface area contributed by atoms with Gasteiger partial charge in [0.05, 0.1) is 39.1 Å². The van der Waals surface area contributed by atoms with Gasteiger partial charge in [0.2, 0.25) is 0 Å². The average Bonchev–Trinajstić information content (AvgIpc) is 2.77. The molecule has 1 aromatic rings. The highest BCUT2D eigenvalue weighted by molar-refractivity contribution is 5.26. The zero-order chi connectivity index (χ0) is 21.8. The lowest BCUT2D eigenvalue weighted by Crippen LogP contribution is -2.60. The zero-order valence-electron chi connectivity index (χ0n) is 17.9. The van der Waals surface area contributed by atoms with E-state index in [1.165, 1.54) is 0 Å². The molecule has 0 bridgehead atoms. The minimum atomic E-state index is -0.337. The molecular formula is C25H34O5. The third-order valence-electron chi connectivity index (χ3n) is 4.94. The second-order valence-corrected chi connectivity index (χ2v) is 7.06. The Hall–Kier alpha value is -2.18. The molecule has 0 aliphatic carbocycles. The van der Waals surface area contributed by atoms with Crippen LogP contribution in [-0.2, 0) is 25.6 Å². The summed E-state index contributed by atoms with van der Waals surface area (Å²) < 4.78 is 30.2. The molecule has 0 saturated carbocycles. The van der Waals surface area contributed by atoms with E-state index in [-0.39, 0.29) is 30.5 Å². The van der Waals surface area contributed by atoms with Gasteiger partial charge in [0.1, 0.15) is 24.1 Å². The monoisotopic (exact) mass is 414 g/mol. The maximum atomic E-state index is 6.41. The summed E-state index contributed by atoms with van der Waals surface area (Å²) in [6.45, 7) is 16.5. The molecule has 1 saturated heterocycles. The molecule has 1 aromatic carbocycles. The van der Waals surface area contributed by atoms with Crippen LogP contribution in [0.1, 0.15) is 18.4 Å². The van der Waals surface area contributed by atoms with Gasteiger partial charge in [0, 0.05) is 0 Å². The van der Waals surface area contributed by atoms with Crippen molar-refractivity contribution in [2.24, 2.45) is 0 Å². The maximum Gasteiger partial charge on any atom is 0.118 e. The minimum Gasteiger partial charge on any atom is -0.497 e. The molecule has 1 aliphatic rings. The SMILES string of the molecule is C=CCO[C@@H]1C(OCc2ccc(OC)cc2)[C@H](OCC=C)[C@@H](CC=C)O[C@H]1CC=C. The van der Waals surface area contributed by atoms with E-state index < -0.39 is 0 Å². The highest BCUT2D eigenvalue weighted by Gasteiger charge is 2.47. The molecule has 0 amide bonds. The van der Waals surface area contributed by atoms with E-state index in [0.717, 1.165) is 11.3 Å². The Morgan fingerprint density at radius 1 is 0.767 bits per heavy atom. The summed E-state index contributed by atoms with van der Waals surface area (Å²) in [6, 6.07) is 7.81. The topological polar surface area (TPSA) is 46.2 Å². The van der Waals surface area contributed by atoms with E-state index in [1.807, 2.05) is 36.4 Å². The quantitative estimate of drug-likeness (QED) is 0.415. The van der Waals surface area contributed by atoms with E-state index in [2.05, 4.69) is 26.3 Å². The lowest BCUT2D eigenvalue weighted by Gasteiger charge is -2.46. The third kappa shape index (κ3) is 6.67. The van der Waals surface area contributed by atoms with Crippen molar-refractivity contribution in [3.05, 3.63) is 80.4 Å². The van der Waals surface area contributed by atoms with Crippen molar-refractivity contribution in [3.8, 4) is 5.75 Å². The van der Waals surface area contributed by atoms with Crippen molar-refractivity contribution in [1.82, 2.24) is 0 Å². The van der Waals surface area contributed by atoms with Crippen LogP contribution < -0.4 is 4.74 Å². The van der Waals surface area contributed by atoms with Crippen LogP contribution in [0.3, 0.4) is 0 Å². The first-order chi connectivity index (χ1) is 14.7. The second-order valence-electron chi connectivity index (χ2n) is 7.06. The Balaban J connectivity index is 2.27. The second kappa shape index (κ2) is 13.2. The zero-order valence-corrected chi connectivity index (χ0v) is 17.9. The van der Waals surface area contributed by atoms with Gasteiger partial charge in [-0.05, 0) is 30.5 Å². The molecule has 5 nitrogen and oxygen atoms in total. The molecule has 0 aromatic heterocycles. The standard InChI is InChI=1S/C25H34O5/c1-6-10-21-23(27-16-8-3)25(24(28-17-9-4)22(30-21)11-7-2)29-18-19-12-14-20(26-5)15-13-19/h6-9,12-15,21-25H,1-4,10-11,16-18H2,5H3/t21-,22+,23-,24+,25?. The Morgan fingerprint density at radius 3 is 1.73 bits per heavy atom. The molecule has 2 rings (SSSR count). The number of ether oxygens (including phenoxy) is 5. The van der Waals surface area contributed by atoms with Crippen molar-refractivity contribution in [2.75, 3.05) is 20.3 Å². The van der Waals surface area contributed by atoms with Crippen LogP contribution in [0, 0.1) is 0 Å². The predicted octanol–water partition coefficient (Wildman–Crippen LogP) is 4.64. The fraction of sp³-hybridized carbons (Fsp3) is 0.440. The normalized spacial score (nSPS) is 26.0. The van der Waals surface area contributed by atoms with Crippen molar-refractivity contribution < 1.29 is 23.7 Å². The molecule has 5 atom stereocenters. The number of benzene rings is 1. The molecule has 1 fully saturated rings. The molecule has 1 aliphatic heterocycles. The molecule has 0 radical (unpaired) electrons. The van der Waals surface area contributed by atoms with Gasteiger partial charge in [-0.3, -0.25) is 0 Å². The summed E-state index contributed by atoms with van der Waals surface area (Å²) >= 11 is 0. The lowest BCUT2D eigenvalue weighted by molar-refractivity contribution is -0.254. The molecule has 164 valence electrons. The Kier molecular flexibility index (Phi) is 10.6. The van der Waals surface area contributed by atoms with Crippen LogP contribution in [0.15, 0.2) is 74.9 Å². The fourth-order valence-electron chi connectivity index (χ4n) is 3.56. The van der Waals surface area contributed by atoms with Crippen LogP contribution in [0.2, 0.25) is 0 Å². The van der Waals surface area contributed by atoms with Crippen LogP contribution in [-0.4, -0.2) is 50.8 Å². The van der Waals surface area contributed by atoms with Gasteiger partial charge in [0.15, 0.2) is 0 Å². The number of rotatable bonds is 14. The first-order valence-corrected chi connectivity index (χ1v) is 10.2. The number of hydrogen-bond donors (Lipinski definition) is 0. The van der Waals surface area contributed by atoms with Gasteiger partial charge in [-0.15, -0.1) is 26.3 Å². The summed E-state index contributed by atoms with van der Waals surface area (Å²) in [5, 5.41) is 0. The Bertz CT molecular complexity index is 637. The van der Waals surface area contributed by atoms with Gasteiger partial charge in [-0.25, -0.2) is 0 Å². The third-order valence-corrected chi connectivity index (χ3v) is 4.94. The van der Waals surface area contributed by atoms with Crippen LogP contribution in [0.4, 0.5) is 0 Å². The first kappa shape index (κ1) is 24.1. The molecule has 5 heteroatoms. The highest BCUT2D eigenvalue weighted by Crippen LogP contribution is 2.32. The van der Waals surface area contributed by atoms with E-state index >= 15 is 0 Å². The summed E-state index contributed by atoms with van der Waals surface area (Å²) in [4.78, 5) is 0. The highest BCUT2D eigenvalue weighted by atomic mass is 16.6. The molecule has 0 N–H and O–H groups in total. The van der Waals surface area contributed by atoms with Gasteiger partial charge in [0.25, 0.3) is 0 Å². The van der Waals surface area contributed by atoms with Crippen molar-refractivity contribution in [2.45, 2.75) is 50.0 Å². The summed E-state index contributed by atoms with van der Waals surface area (Å²) in [6.07, 6.45) is 7.03. The van der Waals surface area contributed by atoms with E-state index in [9.17, 15) is 0 Å². The summed E-state index contributed by atoms with van der Waals surface area (Å²) in [7, 11) is 1.65. The van der Waals surface area contributed by atoms with E-state index in [1.54, 1.807) is 19.3 Å². The Labute approximate surface area is 180 Å². The smallest absolute Gasteiger partial charge is 0.118 e. The van der Waals surface area contributed by atoms with Crippen LogP contribution in [0.5, 0.6) is 5.75 Å². The maximum absolute atomic E-state index is 6.41. The molecular weight excluding hydrogens is 380 g/mol. The predicted molar refractivity (Wildman–Crippen MR) is 120 cm³/mol. The van der Waals surface area contributed by atoms with Crippen molar-refractivity contribution >= 4 is 0 Å². The number of hydrogen-bond acceptors (Lipinski definition) is 5. The molecule has 30 heavy (non-hydrogen) atoms. The lowest BCUT2D eigenvalue weighted by atomic mass is 9.91. The summed E-state index contributed by atoms with van der Waals surface area (Å²) in [5.41, 5.74) is 1.03. The largest absolute Gasteiger partial charge is 0.497 e. The van der Waals surface area contributed by atoms with E-state index in [0.29, 0.717) is 32.7 Å². The fourth-order valence-corrected chi connectivity index (χ4v) is 3.56. The van der Waals surface area contributed by atoms with Crippen LogP contribution in [0.25, 0.3) is 0 Å². The average molecular weight is 415 g/mol. The van der Waals surface area contributed by atoms with E-state index in [4.69, 9.17) is 23.7 Å². The molecule has 1 unspecified atom stereocenters. The minimum absolute atomic E-state index is 0.197. The van der Waals surface area contributed by atoms with Crippen LogP contribution >= 0.6 is 0 Å². The van der Waals surface area contributed by atoms with Crippen molar-refractivity contribution in [3.63, 3.8) is 0 Å². The summed E-state index contributed by atoms with van der Waals surface area (Å²) in [5.74, 6) is 0.807. The first-order valence-electron chi connectivity index (χ1n) is 10.2. The van der Waals surface area contributed by atoms with Gasteiger partial charge in [-0.2, -0.15) is 0 Å². The van der Waals surface area contributed by atoms with Gasteiger partial charge in [-0.1, -0.05) is 36.4 Å².